The fourth-order valence-corrected chi connectivity index (χ4v) is 2.48. The van der Waals surface area contributed by atoms with E-state index in [1.807, 2.05) is 6.92 Å². The zero-order valence-electron chi connectivity index (χ0n) is 8.25. The molecule has 0 nitrogen and oxygen atoms in total. The molecule has 0 fully saturated rings. The van der Waals surface area contributed by atoms with Crippen molar-refractivity contribution in [2.75, 3.05) is 0 Å². The highest BCUT2D eigenvalue weighted by Gasteiger charge is 2.00. The van der Waals surface area contributed by atoms with Crippen molar-refractivity contribution in [2.24, 2.45) is 0 Å². The third kappa shape index (κ3) is 2.50. The highest BCUT2D eigenvalue weighted by molar-refractivity contribution is 9.10. The van der Waals surface area contributed by atoms with E-state index in [4.69, 9.17) is 0 Å². The lowest BCUT2D eigenvalue weighted by Gasteiger charge is -1.96. The van der Waals surface area contributed by atoms with Gasteiger partial charge in [-0.3, -0.25) is 0 Å². The SMILES string of the molecule is CC#Cc1ccc(-c2ccc(Br)cc2)s1. The van der Waals surface area contributed by atoms with Gasteiger partial charge in [0.25, 0.3) is 0 Å². The van der Waals surface area contributed by atoms with Crippen LogP contribution in [0.2, 0.25) is 0 Å². The molecule has 2 heteroatoms. The summed E-state index contributed by atoms with van der Waals surface area (Å²) >= 11 is 5.16. The van der Waals surface area contributed by atoms with Crippen LogP contribution in [0.4, 0.5) is 0 Å². The summed E-state index contributed by atoms with van der Waals surface area (Å²) in [4.78, 5) is 2.38. The molecule has 0 saturated carbocycles. The van der Waals surface area contributed by atoms with Gasteiger partial charge < -0.3 is 0 Å². The average Bonchev–Trinajstić information content (AvgIpc) is 2.68. The van der Waals surface area contributed by atoms with Gasteiger partial charge in [0.1, 0.15) is 0 Å². The number of hydrogen-bond donors (Lipinski definition) is 0. The molecule has 0 amide bonds. The molecule has 15 heavy (non-hydrogen) atoms. The van der Waals surface area contributed by atoms with E-state index in [1.165, 1.54) is 10.4 Å². The van der Waals surface area contributed by atoms with Crippen LogP contribution in [-0.4, -0.2) is 0 Å². The van der Waals surface area contributed by atoms with Crippen LogP contribution in [0.5, 0.6) is 0 Å². The lowest BCUT2D eigenvalue weighted by Crippen LogP contribution is -1.70. The van der Waals surface area contributed by atoms with Gasteiger partial charge in [-0.25, -0.2) is 0 Å². The van der Waals surface area contributed by atoms with Crippen molar-refractivity contribution in [1.29, 1.82) is 0 Å². The summed E-state index contributed by atoms with van der Waals surface area (Å²) in [6, 6.07) is 12.5. The Morgan fingerprint density at radius 1 is 1.07 bits per heavy atom. The maximum atomic E-state index is 3.43. The summed E-state index contributed by atoms with van der Waals surface area (Å²) < 4.78 is 1.11. The molecule has 1 aromatic carbocycles. The predicted octanol–water partition coefficient (Wildman–Crippen LogP) is 4.55. The average molecular weight is 277 g/mol. The van der Waals surface area contributed by atoms with Crippen molar-refractivity contribution in [3.63, 3.8) is 0 Å². The highest BCUT2D eigenvalue weighted by atomic mass is 79.9. The number of halogens is 1. The van der Waals surface area contributed by atoms with E-state index in [-0.39, 0.29) is 0 Å². The van der Waals surface area contributed by atoms with Gasteiger partial charge in [-0.1, -0.05) is 34.0 Å². The highest BCUT2D eigenvalue weighted by Crippen LogP contribution is 2.28. The van der Waals surface area contributed by atoms with Gasteiger partial charge in [0.2, 0.25) is 0 Å². The summed E-state index contributed by atoms with van der Waals surface area (Å²) in [7, 11) is 0. The van der Waals surface area contributed by atoms with E-state index in [0.717, 1.165) is 9.35 Å². The molecule has 2 rings (SSSR count). The molecular weight excluding hydrogens is 268 g/mol. The van der Waals surface area contributed by atoms with Crippen molar-refractivity contribution >= 4 is 27.3 Å². The van der Waals surface area contributed by atoms with E-state index in [0.29, 0.717) is 0 Å². The maximum absolute atomic E-state index is 3.43. The van der Waals surface area contributed by atoms with Gasteiger partial charge >= 0.3 is 0 Å². The van der Waals surface area contributed by atoms with E-state index < -0.39 is 0 Å². The molecular formula is C13H9BrS. The fraction of sp³-hybridized carbons (Fsp3) is 0.0769. The molecule has 0 bridgehead atoms. The Hall–Kier alpha value is -1.04. The van der Waals surface area contributed by atoms with Gasteiger partial charge in [0, 0.05) is 9.35 Å². The lowest BCUT2D eigenvalue weighted by atomic mass is 10.2. The second-order valence-electron chi connectivity index (χ2n) is 3.05. The van der Waals surface area contributed by atoms with E-state index >= 15 is 0 Å². The van der Waals surface area contributed by atoms with Gasteiger partial charge in [-0.2, -0.15) is 0 Å². The van der Waals surface area contributed by atoms with Crippen LogP contribution >= 0.6 is 27.3 Å². The molecule has 0 aliphatic heterocycles. The number of thiophene rings is 1. The molecule has 1 aromatic heterocycles. The Morgan fingerprint density at radius 2 is 1.80 bits per heavy atom. The third-order valence-electron chi connectivity index (χ3n) is 1.98. The summed E-state index contributed by atoms with van der Waals surface area (Å²) in [5, 5.41) is 0. The lowest BCUT2D eigenvalue weighted by molar-refractivity contribution is 1.65. The Bertz CT molecular complexity index is 511. The Labute approximate surface area is 102 Å². The molecule has 0 aliphatic rings. The molecule has 0 radical (unpaired) electrons. The molecule has 74 valence electrons. The summed E-state index contributed by atoms with van der Waals surface area (Å²) in [6.45, 7) is 1.86. The monoisotopic (exact) mass is 276 g/mol. The molecule has 0 atom stereocenters. The van der Waals surface area contributed by atoms with Gasteiger partial charge in [-0.05, 0) is 36.8 Å². The predicted molar refractivity (Wildman–Crippen MR) is 70.0 cm³/mol. The topological polar surface area (TPSA) is 0 Å². The summed E-state index contributed by atoms with van der Waals surface area (Å²) in [5.74, 6) is 5.98. The maximum Gasteiger partial charge on any atom is 0.0774 e. The van der Waals surface area contributed by atoms with Gasteiger partial charge in [-0.15, -0.1) is 17.3 Å². The first kappa shape index (κ1) is 10.5. The molecule has 1 heterocycles. The molecule has 0 N–H and O–H groups in total. The normalized spacial score (nSPS) is 9.47. The quantitative estimate of drug-likeness (QED) is 0.671. The van der Waals surface area contributed by atoms with Crippen molar-refractivity contribution in [1.82, 2.24) is 0 Å². The second-order valence-corrected chi connectivity index (χ2v) is 5.05. The van der Waals surface area contributed by atoms with Crippen LogP contribution < -0.4 is 0 Å². The number of rotatable bonds is 1. The Kier molecular flexibility index (Phi) is 3.25. The molecule has 0 unspecified atom stereocenters. The largest absolute Gasteiger partial charge is 0.127 e. The Morgan fingerprint density at radius 3 is 2.47 bits per heavy atom. The van der Waals surface area contributed by atoms with Crippen LogP contribution in [0.3, 0.4) is 0 Å². The molecule has 0 aliphatic carbocycles. The first-order valence-corrected chi connectivity index (χ1v) is 6.19. The standard InChI is InChI=1S/C13H9BrS/c1-2-3-12-8-9-13(15-12)10-4-6-11(14)7-5-10/h4-9H,1H3. The van der Waals surface area contributed by atoms with Gasteiger partial charge in [0.15, 0.2) is 0 Å². The van der Waals surface area contributed by atoms with Crippen LogP contribution in [-0.2, 0) is 0 Å². The minimum Gasteiger partial charge on any atom is -0.127 e. The third-order valence-corrected chi connectivity index (χ3v) is 3.56. The van der Waals surface area contributed by atoms with Crippen molar-refractivity contribution in [3.8, 4) is 22.3 Å². The van der Waals surface area contributed by atoms with Crippen molar-refractivity contribution < 1.29 is 0 Å². The van der Waals surface area contributed by atoms with Crippen LogP contribution in [0.1, 0.15) is 11.8 Å². The Balaban J connectivity index is 2.35. The number of hydrogen-bond acceptors (Lipinski definition) is 1. The fourth-order valence-electron chi connectivity index (χ4n) is 1.30. The van der Waals surface area contributed by atoms with E-state index in [2.05, 4.69) is 64.2 Å². The minimum absolute atomic E-state index is 1.11. The summed E-state index contributed by atoms with van der Waals surface area (Å²) in [5.41, 5.74) is 1.24. The van der Waals surface area contributed by atoms with Gasteiger partial charge in [0.05, 0.1) is 4.88 Å². The van der Waals surface area contributed by atoms with Crippen molar-refractivity contribution in [2.45, 2.75) is 6.92 Å². The molecule has 0 spiro atoms. The first-order valence-electron chi connectivity index (χ1n) is 4.58. The van der Waals surface area contributed by atoms with E-state index in [9.17, 15) is 0 Å². The van der Waals surface area contributed by atoms with Crippen LogP contribution in [0, 0.1) is 11.8 Å². The van der Waals surface area contributed by atoms with E-state index in [1.54, 1.807) is 11.3 Å². The minimum atomic E-state index is 1.11. The zero-order chi connectivity index (χ0) is 10.7. The first-order chi connectivity index (χ1) is 7.29. The van der Waals surface area contributed by atoms with Crippen LogP contribution in [0.15, 0.2) is 40.9 Å². The molecule has 2 aromatic rings. The van der Waals surface area contributed by atoms with Crippen molar-refractivity contribution in [3.05, 3.63) is 45.7 Å². The summed E-state index contributed by atoms with van der Waals surface area (Å²) in [6.07, 6.45) is 0. The molecule has 0 saturated heterocycles. The second kappa shape index (κ2) is 4.65. The zero-order valence-corrected chi connectivity index (χ0v) is 10.7. The smallest absolute Gasteiger partial charge is 0.0774 e. The van der Waals surface area contributed by atoms with Crippen LogP contribution in [0.25, 0.3) is 10.4 Å². The number of benzene rings is 1.